The quantitative estimate of drug-likeness (QED) is 0.769. The summed E-state index contributed by atoms with van der Waals surface area (Å²) in [6.45, 7) is 2.04. The molecule has 1 aromatic rings. The van der Waals surface area contributed by atoms with E-state index < -0.39 is 6.10 Å². The molecule has 0 saturated carbocycles. The minimum atomic E-state index is -0.623. The van der Waals surface area contributed by atoms with Crippen molar-refractivity contribution in [1.82, 2.24) is 4.98 Å². The predicted octanol–water partition coefficient (Wildman–Crippen LogP) is 0.831. The summed E-state index contributed by atoms with van der Waals surface area (Å²) >= 11 is 0. The van der Waals surface area contributed by atoms with Crippen LogP contribution in [-0.2, 0) is 9.59 Å². The number of amides is 1. The molecule has 0 aromatic carbocycles. The van der Waals surface area contributed by atoms with E-state index in [-0.39, 0.29) is 18.1 Å². The van der Waals surface area contributed by atoms with Crippen LogP contribution in [0.1, 0.15) is 31.6 Å². The summed E-state index contributed by atoms with van der Waals surface area (Å²) in [4.78, 5) is 28.4. The SMILES string of the molecule is CC(O)c1ccc(N2CCC(=O)CC2=O)cn1. The van der Waals surface area contributed by atoms with Crippen molar-refractivity contribution >= 4 is 17.4 Å². The van der Waals surface area contributed by atoms with Crippen LogP contribution >= 0.6 is 0 Å². The molecule has 5 nitrogen and oxygen atoms in total. The van der Waals surface area contributed by atoms with Gasteiger partial charge < -0.3 is 10.0 Å². The van der Waals surface area contributed by atoms with Crippen molar-refractivity contribution in [2.45, 2.75) is 25.9 Å². The van der Waals surface area contributed by atoms with Gasteiger partial charge in [-0.25, -0.2) is 0 Å². The molecule has 0 aliphatic carbocycles. The van der Waals surface area contributed by atoms with Gasteiger partial charge in [0.2, 0.25) is 5.91 Å². The molecule has 1 unspecified atom stereocenters. The lowest BCUT2D eigenvalue weighted by molar-refractivity contribution is -0.128. The summed E-state index contributed by atoms with van der Waals surface area (Å²) in [5.74, 6) is -0.201. The number of aliphatic hydroxyl groups is 1. The molecular weight excluding hydrogens is 220 g/mol. The number of carbonyl (C=O) groups is 2. The average Bonchev–Trinajstić information content (AvgIpc) is 2.29. The summed E-state index contributed by atoms with van der Waals surface area (Å²) in [6, 6.07) is 3.42. The van der Waals surface area contributed by atoms with Crippen LogP contribution in [0, 0.1) is 0 Å². The highest BCUT2D eigenvalue weighted by molar-refractivity contribution is 6.08. The number of anilines is 1. The van der Waals surface area contributed by atoms with Crippen LogP contribution in [0.25, 0.3) is 0 Å². The third-order valence-corrected chi connectivity index (χ3v) is 2.77. The van der Waals surface area contributed by atoms with Gasteiger partial charge in [-0.1, -0.05) is 0 Å². The fourth-order valence-corrected chi connectivity index (χ4v) is 1.79. The van der Waals surface area contributed by atoms with E-state index in [9.17, 15) is 14.7 Å². The van der Waals surface area contributed by atoms with Crippen LogP contribution in [-0.4, -0.2) is 28.3 Å². The van der Waals surface area contributed by atoms with Crippen LogP contribution in [0.15, 0.2) is 18.3 Å². The number of carbonyl (C=O) groups excluding carboxylic acids is 2. The lowest BCUT2D eigenvalue weighted by Gasteiger charge is -2.25. The van der Waals surface area contributed by atoms with E-state index in [1.54, 1.807) is 30.2 Å². The van der Waals surface area contributed by atoms with Crippen molar-refractivity contribution in [2.24, 2.45) is 0 Å². The summed E-state index contributed by atoms with van der Waals surface area (Å²) in [6.07, 6.45) is 1.29. The second-order valence-electron chi connectivity index (χ2n) is 4.13. The molecule has 0 radical (unpaired) electrons. The van der Waals surface area contributed by atoms with E-state index >= 15 is 0 Å². The number of hydrogen-bond donors (Lipinski definition) is 1. The molecule has 1 N–H and O–H groups in total. The zero-order valence-corrected chi connectivity index (χ0v) is 9.59. The van der Waals surface area contributed by atoms with Crippen LogP contribution < -0.4 is 4.90 Å². The maximum atomic E-state index is 11.7. The van der Waals surface area contributed by atoms with Gasteiger partial charge in [0.25, 0.3) is 0 Å². The molecule has 1 atom stereocenters. The van der Waals surface area contributed by atoms with Gasteiger partial charge in [-0.3, -0.25) is 14.6 Å². The first-order chi connectivity index (χ1) is 8.08. The first kappa shape index (κ1) is 11.7. The number of pyridine rings is 1. The number of nitrogens with zero attached hydrogens (tertiary/aromatic N) is 2. The molecule has 1 fully saturated rings. The van der Waals surface area contributed by atoms with Gasteiger partial charge in [-0.05, 0) is 19.1 Å². The minimum absolute atomic E-state index is 0.0141. The van der Waals surface area contributed by atoms with Gasteiger partial charge in [-0.15, -0.1) is 0 Å². The van der Waals surface area contributed by atoms with Gasteiger partial charge in [0.15, 0.2) is 0 Å². The molecule has 17 heavy (non-hydrogen) atoms. The Morgan fingerprint density at radius 2 is 2.18 bits per heavy atom. The molecule has 1 aliphatic heterocycles. The molecule has 5 heteroatoms. The highest BCUT2D eigenvalue weighted by atomic mass is 16.3. The number of aliphatic hydroxyl groups excluding tert-OH is 1. The Bertz CT molecular complexity index is 440. The number of rotatable bonds is 2. The highest BCUT2D eigenvalue weighted by Gasteiger charge is 2.24. The minimum Gasteiger partial charge on any atom is -0.387 e. The van der Waals surface area contributed by atoms with E-state index in [1.807, 2.05) is 0 Å². The molecule has 1 aromatic heterocycles. The summed E-state index contributed by atoms with van der Waals surface area (Å²) < 4.78 is 0. The average molecular weight is 234 g/mol. The van der Waals surface area contributed by atoms with Crippen LogP contribution in [0.5, 0.6) is 0 Å². The van der Waals surface area contributed by atoms with Crippen molar-refractivity contribution in [3.63, 3.8) is 0 Å². The smallest absolute Gasteiger partial charge is 0.234 e. The number of Topliss-reactive ketones (excluding diaryl/α,β-unsaturated/α-hetero) is 1. The Balaban J connectivity index is 2.17. The van der Waals surface area contributed by atoms with E-state index in [4.69, 9.17) is 0 Å². The largest absolute Gasteiger partial charge is 0.387 e. The zero-order chi connectivity index (χ0) is 12.4. The lowest BCUT2D eigenvalue weighted by Crippen LogP contribution is -2.39. The molecule has 0 bridgehead atoms. The maximum Gasteiger partial charge on any atom is 0.234 e. The lowest BCUT2D eigenvalue weighted by atomic mass is 10.1. The van der Waals surface area contributed by atoms with Crippen LogP contribution in [0.4, 0.5) is 5.69 Å². The van der Waals surface area contributed by atoms with Crippen molar-refractivity contribution in [3.05, 3.63) is 24.0 Å². The maximum absolute atomic E-state index is 11.7. The normalized spacial score (nSPS) is 18.4. The summed E-state index contributed by atoms with van der Waals surface area (Å²) in [5, 5.41) is 9.32. The first-order valence-electron chi connectivity index (χ1n) is 5.54. The summed E-state index contributed by atoms with van der Waals surface area (Å²) in [7, 11) is 0. The highest BCUT2D eigenvalue weighted by Crippen LogP contribution is 2.20. The van der Waals surface area contributed by atoms with Gasteiger partial charge in [0.1, 0.15) is 5.78 Å². The first-order valence-corrected chi connectivity index (χ1v) is 5.54. The third-order valence-electron chi connectivity index (χ3n) is 2.77. The standard InChI is InChI=1S/C12H14N2O3/c1-8(15)11-3-2-9(7-13-11)14-5-4-10(16)6-12(14)17/h2-3,7-8,15H,4-6H2,1H3. The Morgan fingerprint density at radius 3 is 2.71 bits per heavy atom. The molecule has 2 heterocycles. The Kier molecular flexibility index (Phi) is 3.19. The van der Waals surface area contributed by atoms with E-state index in [0.717, 1.165) is 0 Å². The van der Waals surface area contributed by atoms with E-state index in [0.29, 0.717) is 24.3 Å². The van der Waals surface area contributed by atoms with Crippen molar-refractivity contribution in [1.29, 1.82) is 0 Å². The van der Waals surface area contributed by atoms with Gasteiger partial charge in [0.05, 0.1) is 30.1 Å². The van der Waals surface area contributed by atoms with Crippen LogP contribution in [0.3, 0.4) is 0 Å². The molecule has 1 saturated heterocycles. The Labute approximate surface area is 99.1 Å². The van der Waals surface area contributed by atoms with Gasteiger partial charge in [-0.2, -0.15) is 0 Å². The number of hydrogen-bond acceptors (Lipinski definition) is 4. The number of aromatic nitrogens is 1. The fraction of sp³-hybridized carbons (Fsp3) is 0.417. The topological polar surface area (TPSA) is 70.5 Å². The van der Waals surface area contributed by atoms with Crippen molar-refractivity contribution in [3.8, 4) is 0 Å². The molecular formula is C12H14N2O3. The number of ketones is 1. The van der Waals surface area contributed by atoms with Gasteiger partial charge >= 0.3 is 0 Å². The van der Waals surface area contributed by atoms with E-state index in [2.05, 4.69) is 4.98 Å². The Morgan fingerprint density at radius 1 is 1.41 bits per heavy atom. The summed E-state index contributed by atoms with van der Waals surface area (Å²) in [5.41, 5.74) is 1.24. The molecule has 1 amide bonds. The second kappa shape index (κ2) is 4.63. The zero-order valence-electron chi connectivity index (χ0n) is 9.59. The monoisotopic (exact) mass is 234 g/mol. The molecule has 90 valence electrons. The molecule has 1 aliphatic rings. The number of piperidine rings is 1. The second-order valence-corrected chi connectivity index (χ2v) is 4.13. The van der Waals surface area contributed by atoms with Crippen molar-refractivity contribution < 1.29 is 14.7 Å². The molecule has 2 rings (SSSR count). The van der Waals surface area contributed by atoms with Gasteiger partial charge in [0, 0.05) is 13.0 Å². The van der Waals surface area contributed by atoms with Crippen LogP contribution in [0.2, 0.25) is 0 Å². The van der Waals surface area contributed by atoms with E-state index in [1.165, 1.54) is 0 Å². The van der Waals surface area contributed by atoms with Crippen molar-refractivity contribution in [2.75, 3.05) is 11.4 Å². The third kappa shape index (κ3) is 2.50. The predicted molar refractivity (Wildman–Crippen MR) is 61.5 cm³/mol. The Hall–Kier alpha value is -1.75. The fourth-order valence-electron chi connectivity index (χ4n) is 1.79. The molecule has 0 spiro atoms.